The van der Waals surface area contributed by atoms with Gasteiger partial charge in [-0.25, -0.2) is 0 Å². The third-order valence-corrected chi connectivity index (χ3v) is 2.56. The van der Waals surface area contributed by atoms with Gasteiger partial charge in [-0.15, -0.1) is 0 Å². The summed E-state index contributed by atoms with van der Waals surface area (Å²) in [6, 6.07) is 5.65. The zero-order valence-electron chi connectivity index (χ0n) is 9.03. The van der Waals surface area contributed by atoms with Gasteiger partial charge in [0.05, 0.1) is 6.61 Å². The highest BCUT2D eigenvalue weighted by molar-refractivity contribution is 5.47. The maximum atomic E-state index is 5.67. The van der Waals surface area contributed by atoms with Crippen LogP contribution in [0.3, 0.4) is 0 Å². The minimum atomic E-state index is 0.320. The average Bonchev–Trinajstić information content (AvgIpc) is 3.01. The molecule has 0 amide bonds. The van der Waals surface area contributed by atoms with Crippen LogP contribution in [0.1, 0.15) is 18.4 Å². The summed E-state index contributed by atoms with van der Waals surface area (Å²) in [4.78, 5) is 0. The Morgan fingerprint density at radius 3 is 2.93 bits per heavy atom. The molecule has 0 aliphatic heterocycles. The Kier molecular flexibility index (Phi) is 3.11. The molecule has 1 aromatic rings. The number of ether oxygens (including phenoxy) is 2. The quantitative estimate of drug-likeness (QED) is 0.458. The van der Waals surface area contributed by atoms with E-state index < -0.39 is 0 Å². The second-order valence-corrected chi connectivity index (χ2v) is 4.10. The van der Waals surface area contributed by atoms with Crippen molar-refractivity contribution in [3.63, 3.8) is 0 Å². The summed E-state index contributed by atoms with van der Waals surface area (Å²) in [5, 5.41) is 0. The lowest BCUT2D eigenvalue weighted by Crippen LogP contribution is -2.06. The van der Waals surface area contributed by atoms with Crippen molar-refractivity contribution in [1.29, 1.82) is 0 Å². The Labute approximate surface area is 90.2 Å². The van der Waals surface area contributed by atoms with Gasteiger partial charge in [0.2, 0.25) is 0 Å². The summed E-state index contributed by atoms with van der Waals surface area (Å²) in [5.41, 5.74) is 7.47. The molecule has 0 atom stereocenters. The van der Waals surface area contributed by atoms with Gasteiger partial charge in [0, 0.05) is 11.8 Å². The minimum Gasteiger partial charge on any atom is -0.467 e. The van der Waals surface area contributed by atoms with Crippen LogP contribution in [0.2, 0.25) is 0 Å². The highest BCUT2D eigenvalue weighted by Crippen LogP contribution is 2.28. The Morgan fingerprint density at radius 2 is 2.20 bits per heavy atom. The van der Waals surface area contributed by atoms with Crippen LogP contribution in [0, 0.1) is 12.8 Å². The molecule has 3 heteroatoms. The van der Waals surface area contributed by atoms with Crippen molar-refractivity contribution in [2.75, 3.05) is 19.1 Å². The lowest BCUT2D eigenvalue weighted by Gasteiger charge is -2.09. The van der Waals surface area contributed by atoms with Crippen LogP contribution in [0.25, 0.3) is 0 Å². The van der Waals surface area contributed by atoms with Crippen LogP contribution in [0.4, 0.5) is 5.69 Å². The number of nitrogen functional groups attached to an aromatic ring is 1. The molecule has 2 rings (SSSR count). The fourth-order valence-electron chi connectivity index (χ4n) is 1.38. The average molecular weight is 207 g/mol. The SMILES string of the molecule is Cc1ccc(N)cc1OCOCC1CC1. The first kappa shape index (κ1) is 10.3. The fourth-order valence-corrected chi connectivity index (χ4v) is 1.38. The van der Waals surface area contributed by atoms with Gasteiger partial charge in [-0.1, -0.05) is 6.07 Å². The molecule has 0 saturated heterocycles. The van der Waals surface area contributed by atoms with Crippen LogP contribution < -0.4 is 10.5 Å². The monoisotopic (exact) mass is 207 g/mol. The van der Waals surface area contributed by atoms with Crippen LogP contribution in [0.5, 0.6) is 5.75 Å². The molecule has 1 fully saturated rings. The summed E-state index contributed by atoms with van der Waals surface area (Å²) >= 11 is 0. The molecule has 0 spiro atoms. The molecule has 0 heterocycles. The normalized spacial score (nSPS) is 15.3. The van der Waals surface area contributed by atoms with Crippen molar-refractivity contribution in [3.8, 4) is 5.75 Å². The van der Waals surface area contributed by atoms with E-state index in [-0.39, 0.29) is 0 Å². The number of hydrogen-bond acceptors (Lipinski definition) is 3. The highest BCUT2D eigenvalue weighted by Gasteiger charge is 2.21. The number of aryl methyl sites for hydroxylation is 1. The zero-order chi connectivity index (χ0) is 10.7. The van der Waals surface area contributed by atoms with Crippen molar-refractivity contribution >= 4 is 5.69 Å². The van der Waals surface area contributed by atoms with Gasteiger partial charge in [0.1, 0.15) is 5.75 Å². The topological polar surface area (TPSA) is 44.5 Å². The van der Waals surface area contributed by atoms with Gasteiger partial charge in [0.25, 0.3) is 0 Å². The van der Waals surface area contributed by atoms with Gasteiger partial charge in [-0.3, -0.25) is 0 Å². The molecule has 1 aliphatic rings. The van der Waals surface area contributed by atoms with E-state index in [1.165, 1.54) is 12.8 Å². The van der Waals surface area contributed by atoms with E-state index >= 15 is 0 Å². The summed E-state index contributed by atoms with van der Waals surface area (Å²) in [6.07, 6.45) is 2.61. The lowest BCUT2D eigenvalue weighted by molar-refractivity contribution is 0.00965. The molecule has 15 heavy (non-hydrogen) atoms. The van der Waals surface area contributed by atoms with Gasteiger partial charge < -0.3 is 15.2 Å². The molecule has 1 aliphatic carbocycles. The first-order valence-corrected chi connectivity index (χ1v) is 5.32. The summed E-state index contributed by atoms with van der Waals surface area (Å²) in [7, 11) is 0. The molecule has 1 saturated carbocycles. The maximum Gasteiger partial charge on any atom is 0.189 e. The van der Waals surface area contributed by atoms with E-state index in [1.54, 1.807) is 0 Å². The molecule has 0 aromatic heterocycles. The van der Waals surface area contributed by atoms with E-state index in [9.17, 15) is 0 Å². The molecule has 82 valence electrons. The highest BCUT2D eigenvalue weighted by atomic mass is 16.7. The summed E-state index contributed by atoms with van der Waals surface area (Å²) in [5.74, 6) is 1.58. The maximum absolute atomic E-state index is 5.67. The summed E-state index contributed by atoms with van der Waals surface area (Å²) in [6.45, 7) is 3.14. The van der Waals surface area contributed by atoms with Crippen LogP contribution in [-0.4, -0.2) is 13.4 Å². The molecular formula is C12H17NO2. The molecule has 1 aromatic carbocycles. The van der Waals surface area contributed by atoms with Crippen molar-refractivity contribution in [2.24, 2.45) is 5.92 Å². The van der Waals surface area contributed by atoms with Crippen LogP contribution in [0.15, 0.2) is 18.2 Å². The number of benzene rings is 1. The second-order valence-electron chi connectivity index (χ2n) is 4.10. The van der Waals surface area contributed by atoms with E-state index in [0.717, 1.165) is 29.5 Å². The first-order valence-electron chi connectivity index (χ1n) is 5.32. The molecule has 0 bridgehead atoms. The predicted molar refractivity (Wildman–Crippen MR) is 59.8 cm³/mol. The van der Waals surface area contributed by atoms with Gasteiger partial charge in [-0.05, 0) is 37.3 Å². The van der Waals surface area contributed by atoms with E-state index in [0.29, 0.717) is 6.79 Å². The number of rotatable bonds is 5. The zero-order valence-corrected chi connectivity index (χ0v) is 9.03. The third kappa shape index (κ3) is 3.13. The number of anilines is 1. The largest absolute Gasteiger partial charge is 0.467 e. The standard InChI is InChI=1S/C12H17NO2/c1-9-2-5-11(13)6-12(9)15-8-14-7-10-3-4-10/h2,5-6,10H,3-4,7-8,13H2,1H3. The van der Waals surface area contributed by atoms with E-state index in [2.05, 4.69) is 0 Å². The van der Waals surface area contributed by atoms with Gasteiger partial charge >= 0.3 is 0 Å². The van der Waals surface area contributed by atoms with Crippen molar-refractivity contribution in [3.05, 3.63) is 23.8 Å². The number of hydrogen-bond donors (Lipinski definition) is 1. The van der Waals surface area contributed by atoms with E-state index in [4.69, 9.17) is 15.2 Å². The molecule has 0 radical (unpaired) electrons. The predicted octanol–water partition coefficient (Wildman–Crippen LogP) is 2.34. The summed E-state index contributed by atoms with van der Waals surface area (Å²) < 4.78 is 10.9. The lowest BCUT2D eigenvalue weighted by atomic mass is 10.2. The second kappa shape index (κ2) is 4.53. The van der Waals surface area contributed by atoms with Gasteiger partial charge in [0.15, 0.2) is 6.79 Å². The van der Waals surface area contributed by atoms with Gasteiger partial charge in [-0.2, -0.15) is 0 Å². The van der Waals surface area contributed by atoms with Crippen molar-refractivity contribution < 1.29 is 9.47 Å². The molecule has 2 N–H and O–H groups in total. The first-order chi connectivity index (χ1) is 7.25. The van der Waals surface area contributed by atoms with Crippen molar-refractivity contribution in [2.45, 2.75) is 19.8 Å². The third-order valence-electron chi connectivity index (χ3n) is 2.56. The molecule has 0 unspecified atom stereocenters. The van der Waals surface area contributed by atoms with Crippen LogP contribution >= 0.6 is 0 Å². The Hall–Kier alpha value is -1.22. The van der Waals surface area contributed by atoms with E-state index in [1.807, 2.05) is 25.1 Å². The van der Waals surface area contributed by atoms with Crippen LogP contribution in [-0.2, 0) is 4.74 Å². The Bertz CT molecular complexity index is 334. The Morgan fingerprint density at radius 1 is 1.40 bits per heavy atom. The molecule has 3 nitrogen and oxygen atoms in total. The minimum absolute atomic E-state index is 0.320. The molecular weight excluding hydrogens is 190 g/mol. The number of nitrogens with two attached hydrogens (primary N) is 1. The Balaban J connectivity index is 1.78. The van der Waals surface area contributed by atoms with Crippen molar-refractivity contribution in [1.82, 2.24) is 0 Å². The fraction of sp³-hybridized carbons (Fsp3) is 0.500. The smallest absolute Gasteiger partial charge is 0.189 e.